The van der Waals surface area contributed by atoms with Crippen LogP contribution in [0.4, 0.5) is 41.9 Å². The molecule has 0 heterocycles. The monoisotopic (exact) mass is 1900 g/mol. The molecular weight excluding hydrogens is 1780 g/mol. The second-order valence-corrected chi connectivity index (χ2v) is 37.1. The Morgan fingerprint density at radius 3 is 0.438 bits per heavy atom. The van der Waals surface area contributed by atoms with Crippen LogP contribution in [0.2, 0.25) is 0 Å². The fraction of sp³-hybridized carbons (Fsp3) is 0.219. The van der Waals surface area contributed by atoms with Gasteiger partial charge in [-0.3, -0.25) is 0 Å². The highest BCUT2D eigenvalue weighted by atomic mass is 16.5. The first kappa shape index (κ1) is 99.4. The van der Waals surface area contributed by atoms with E-state index in [4.69, 9.17) is 18.9 Å². The van der Waals surface area contributed by atoms with Crippen molar-refractivity contribution in [3.8, 4) is 23.0 Å². The lowest BCUT2D eigenvalue weighted by atomic mass is 9.77. The summed E-state index contributed by atoms with van der Waals surface area (Å²) in [5, 5.41) is 28.5. The van der Waals surface area contributed by atoms with Gasteiger partial charge in [0, 0.05) is 92.9 Å². The molecule has 0 saturated heterocycles. The zero-order valence-corrected chi connectivity index (χ0v) is 82.7. The molecule has 0 unspecified atom stereocenters. The second-order valence-electron chi connectivity index (χ2n) is 37.1. The minimum Gasteiger partial charge on any atom is -0.493 e. The molecule has 8 amide bonds. The van der Waals surface area contributed by atoms with E-state index >= 15 is 19.2 Å². The Hall–Kier alpha value is -16.2. The first-order valence-electron chi connectivity index (χ1n) is 51.0. The van der Waals surface area contributed by atoms with Gasteiger partial charge in [-0.05, 0) is 141 Å². The van der Waals surface area contributed by atoms with E-state index in [1.165, 1.54) is 0 Å². The topological polar surface area (TPSA) is 201 Å². The Balaban J connectivity index is 0.926. The highest BCUT2D eigenvalue weighted by Gasteiger charge is 2.44. The van der Waals surface area contributed by atoms with Crippen LogP contribution in [0.5, 0.6) is 23.0 Å². The molecule has 16 aromatic carbocycles. The van der Waals surface area contributed by atoms with Crippen LogP contribution in [0.1, 0.15) is 216 Å². The minimum absolute atomic E-state index is 0.100. The van der Waals surface area contributed by atoms with Gasteiger partial charge in [-0.1, -0.05) is 443 Å². The van der Waals surface area contributed by atoms with Gasteiger partial charge in [0.05, 0.1) is 26.4 Å². The van der Waals surface area contributed by atoms with Crippen LogP contribution in [0, 0.1) is 0 Å². The number of rotatable bonds is 40. The van der Waals surface area contributed by atoms with Gasteiger partial charge in [0.15, 0.2) is 0 Å². The van der Waals surface area contributed by atoms with Crippen LogP contribution in [0.25, 0.3) is 0 Å². The Morgan fingerprint density at radius 1 is 0.194 bits per heavy atom. The van der Waals surface area contributed by atoms with E-state index in [1.54, 1.807) is 0 Å². The predicted molar refractivity (Wildman–Crippen MR) is 583 cm³/mol. The van der Waals surface area contributed by atoms with Gasteiger partial charge in [0.25, 0.3) is 0 Å². The van der Waals surface area contributed by atoms with Crippen molar-refractivity contribution >= 4 is 46.9 Å². The SMILES string of the molecule is CCCCCOc1c2cc(NC(=O)NC(c3ccccc3)(c3ccccc3)c3ccccc3)cc1Cc1cc(NC(=O)NC(c3ccccc3)(c3ccccc3)c3ccccc3)cc(c1OCCCCC)Cc1cc(NC(=O)NC(c3ccccc3)(c3ccccc3)c3ccccc3)cc(c1OCCCCC)Cc1cc(NC(=O)NC(c3ccccc3)(c3ccccc3)c3ccccc3)cc(c1OCCCCC)C2. The van der Waals surface area contributed by atoms with Crippen LogP contribution in [0.3, 0.4) is 0 Å². The lowest BCUT2D eigenvalue weighted by Gasteiger charge is -2.37. The maximum Gasteiger partial charge on any atom is 0.320 e. The average molecular weight is 1910 g/mol. The van der Waals surface area contributed by atoms with E-state index in [9.17, 15) is 0 Å². The number of ether oxygens (including phenoxy) is 4. The number of hydrogen-bond donors (Lipinski definition) is 8. The highest BCUT2D eigenvalue weighted by molar-refractivity contribution is 5.95. The molecule has 8 N–H and O–H groups in total. The summed E-state index contributed by atoms with van der Waals surface area (Å²) >= 11 is 0. The lowest BCUT2D eigenvalue weighted by Crippen LogP contribution is -2.49. The van der Waals surface area contributed by atoms with Gasteiger partial charge < -0.3 is 61.5 Å². The number of fused-ring (bicyclic) bond motifs is 8. The number of carbonyl (C=O) groups excluding carboxylic acids is 4. The van der Waals surface area contributed by atoms with Crippen molar-refractivity contribution < 1.29 is 38.1 Å². The summed E-state index contributed by atoms with van der Waals surface area (Å²) in [5.41, 5.74) is 12.3. The first-order chi connectivity index (χ1) is 70.8. The zero-order valence-electron chi connectivity index (χ0n) is 82.7. The molecule has 1 aliphatic carbocycles. The Labute approximate surface area is 847 Å². The summed E-state index contributed by atoms with van der Waals surface area (Å²) in [6, 6.07) is 135. The number of nitrogens with one attached hydrogen (secondary N) is 8. The highest BCUT2D eigenvalue weighted by Crippen LogP contribution is 2.48. The molecule has 728 valence electrons. The molecule has 0 atom stereocenters. The average Bonchev–Trinajstić information content (AvgIpc) is 0.769. The number of hydrogen-bond acceptors (Lipinski definition) is 8. The van der Waals surface area contributed by atoms with E-state index < -0.39 is 46.3 Å². The number of benzene rings is 16. The smallest absolute Gasteiger partial charge is 0.320 e. The molecule has 0 aliphatic heterocycles. The maximum absolute atomic E-state index is 16.4. The van der Waals surface area contributed by atoms with Gasteiger partial charge in [-0.25, -0.2) is 19.2 Å². The van der Waals surface area contributed by atoms with E-state index in [0.717, 1.165) is 118 Å². The van der Waals surface area contributed by atoms with Crippen LogP contribution in [0.15, 0.2) is 413 Å². The summed E-state index contributed by atoms with van der Waals surface area (Å²) in [6.45, 7) is 10.0. The zero-order chi connectivity index (χ0) is 99.2. The predicted octanol–water partition coefficient (Wildman–Crippen LogP) is 29.1. The van der Waals surface area contributed by atoms with Crippen molar-refractivity contribution in [3.63, 3.8) is 0 Å². The van der Waals surface area contributed by atoms with Gasteiger partial charge in [0.2, 0.25) is 0 Å². The first-order valence-corrected chi connectivity index (χ1v) is 51.0. The van der Waals surface area contributed by atoms with Crippen LogP contribution < -0.4 is 61.5 Å². The molecule has 17 rings (SSSR count). The molecule has 8 bridgehead atoms. The molecule has 144 heavy (non-hydrogen) atoms. The van der Waals surface area contributed by atoms with Crippen molar-refractivity contribution in [1.29, 1.82) is 0 Å². The van der Waals surface area contributed by atoms with Crippen molar-refractivity contribution in [2.75, 3.05) is 47.7 Å². The quantitative estimate of drug-likeness (QED) is 0.0137. The third-order valence-corrected chi connectivity index (χ3v) is 27.2. The molecule has 0 saturated carbocycles. The summed E-state index contributed by atoms with van der Waals surface area (Å²) in [4.78, 5) is 65.7. The second kappa shape index (κ2) is 48.3. The maximum atomic E-state index is 16.4. The van der Waals surface area contributed by atoms with Crippen molar-refractivity contribution in [2.45, 2.75) is 153 Å². The van der Waals surface area contributed by atoms with E-state index in [2.05, 4.69) is 70.2 Å². The summed E-state index contributed by atoms with van der Waals surface area (Å²) < 4.78 is 30.2. The lowest BCUT2D eigenvalue weighted by molar-refractivity contribution is 0.245. The standard InChI is InChI=1S/C128H128N8O8/c1-5-9-49-77-141-117-93-81-95-87-114(130-122(138)134-126(104-59-31-16-32-60-104,105-61-33-17-34-62-105)106-63-35-18-36-64-106)89-97(118(95)142-78-50-10-6-2)83-99-91-116(132-124(140)136-128(110-71-43-22-44-72-110,111-73-45-23-46-74-111)112-75-47-24-48-76-112)92-100(120(99)144-80-52-12-8-4)84-98-90-115(131-123(139)135-127(107-65-37-19-38-66-107,108-67-39-20-40-68-108)109-69-41-21-42-70-109)88-96(119(98)143-79-51-11-7-3)82-94(117)86-113(85-93)129-121(137)133-125(101-53-25-13-26-54-101,102-55-27-14-28-56-102)103-57-29-15-30-58-103/h13-48,53-76,85-92H,5-12,49-52,77-84H2,1-4H3,(H2,129,133,137)(H2,130,134,138)(H2,131,135,139)(H2,132,136,140). The van der Waals surface area contributed by atoms with E-state index in [1.807, 2.05) is 413 Å². The molecule has 0 spiro atoms. The number of urea groups is 4. The molecule has 16 aromatic rings. The normalized spacial score (nSPS) is 11.9. The van der Waals surface area contributed by atoms with E-state index in [-0.39, 0.29) is 25.7 Å². The molecule has 0 aromatic heterocycles. The molecule has 1 aliphatic rings. The third kappa shape index (κ3) is 23.0. The fourth-order valence-electron chi connectivity index (χ4n) is 20.5. The van der Waals surface area contributed by atoms with Crippen molar-refractivity contribution in [3.05, 3.63) is 524 Å². The third-order valence-electron chi connectivity index (χ3n) is 27.2. The van der Waals surface area contributed by atoms with Crippen LogP contribution in [-0.4, -0.2) is 50.6 Å². The van der Waals surface area contributed by atoms with Crippen LogP contribution in [-0.2, 0) is 47.8 Å². The molecule has 16 heteroatoms. The summed E-state index contributed by atoms with van der Waals surface area (Å²) in [7, 11) is 0. The van der Waals surface area contributed by atoms with Gasteiger partial charge >= 0.3 is 24.1 Å². The largest absolute Gasteiger partial charge is 0.493 e. The summed E-state index contributed by atoms with van der Waals surface area (Å²) in [5.74, 6) is 2.26. The Kier molecular flexibility index (Phi) is 33.3. The molecular formula is C128H128N8O8. The Morgan fingerprint density at radius 2 is 0.319 bits per heavy atom. The van der Waals surface area contributed by atoms with E-state index in [0.29, 0.717) is 142 Å². The molecule has 0 fully saturated rings. The van der Waals surface area contributed by atoms with Gasteiger partial charge in [-0.2, -0.15) is 0 Å². The number of unbranched alkanes of at least 4 members (excludes halogenated alkanes) is 8. The number of amides is 8. The van der Waals surface area contributed by atoms with Crippen molar-refractivity contribution in [2.24, 2.45) is 0 Å². The molecule has 16 nitrogen and oxygen atoms in total. The van der Waals surface area contributed by atoms with Gasteiger partial charge in [-0.15, -0.1) is 0 Å². The minimum atomic E-state index is -1.24. The number of carbonyl (C=O) groups is 4. The number of anilines is 4. The van der Waals surface area contributed by atoms with Gasteiger partial charge in [0.1, 0.15) is 45.2 Å². The van der Waals surface area contributed by atoms with Crippen LogP contribution >= 0.6 is 0 Å². The van der Waals surface area contributed by atoms with Crippen molar-refractivity contribution in [1.82, 2.24) is 21.3 Å². The molecule has 0 radical (unpaired) electrons. The Bertz CT molecular complexity index is 5570. The fourth-order valence-corrected chi connectivity index (χ4v) is 20.5. The summed E-state index contributed by atoms with van der Waals surface area (Å²) in [6.07, 6.45) is 10.5.